The molecule has 0 saturated heterocycles. The van der Waals surface area contributed by atoms with E-state index < -0.39 is 16.6 Å². The molecule has 0 aliphatic rings. The average molecular weight is 381 g/mol. The maximum Gasteiger partial charge on any atom is 0.334 e. The van der Waals surface area contributed by atoms with Crippen molar-refractivity contribution in [2.45, 2.75) is 11.4 Å². The highest BCUT2D eigenvalue weighted by atomic mass is 35.5. The number of nitrogens with one attached hydrogen (secondary N) is 2. The van der Waals surface area contributed by atoms with Crippen LogP contribution in [0, 0.1) is 0 Å². The van der Waals surface area contributed by atoms with E-state index in [-0.39, 0.29) is 20.5 Å². The van der Waals surface area contributed by atoms with Gasteiger partial charge in [-0.05, 0) is 18.2 Å². The minimum Gasteiger partial charge on any atom is -0.360 e. The number of alkyl halides is 2. The quantitative estimate of drug-likeness (QED) is 0.720. The number of H-pyrrole nitrogens is 1. The first-order valence-electron chi connectivity index (χ1n) is 6.10. The molecule has 0 amide bonds. The van der Waals surface area contributed by atoms with Crippen molar-refractivity contribution in [1.29, 1.82) is 0 Å². The first kappa shape index (κ1) is 16.0. The fourth-order valence-electron chi connectivity index (χ4n) is 2.05. The Balaban J connectivity index is 1.99. The monoisotopic (exact) mass is 380 g/mol. The molecule has 0 fully saturated rings. The zero-order chi connectivity index (χ0) is 16.8. The van der Waals surface area contributed by atoms with Crippen LogP contribution >= 0.6 is 23.2 Å². The Kier molecular flexibility index (Phi) is 3.95. The number of rotatable bonds is 4. The van der Waals surface area contributed by atoms with Crippen LogP contribution in [0.25, 0.3) is 10.9 Å². The van der Waals surface area contributed by atoms with Gasteiger partial charge in [0.05, 0.1) is 0 Å². The topological polar surface area (TPSA) is 79.8 Å². The molecule has 11 heteroatoms. The number of aromatic nitrogens is 3. The molecule has 122 valence electrons. The summed E-state index contributed by atoms with van der Waals surface area (Å²) < 4.78 is 52.4. The largest absolute Gasteiger partial charge is 0.360 e. The summed E-state index contributed by atoms with van der Waals surface area (Å²) in [5, 5.41) is 3.87. The van der Waals surface area contributed by atoms with Gasteiger partial charge in [-0.2, -0.15) is 13.5 Å². The Morgan fingerprint density at radius 1 is 1.26 bits per heavy atom. The van der Waals surface area contributed by atoms with E-state index >= 15 is 0 Å². The predicted molar refractivity (Wildman–Crippen MR) is 82.6 cm³/mol. The highest BCUT2D eigenvalue weighted by Gasteiger charge is 2.22. The fraction of sp³-hybridized carbons (Fsp3) is 0.0833. The molecule has 0 bridgehead atoms. The number of sulfonamides is 1. The second-order valence-corrected chi connectivity index (χ2v) is 7.00. The second-order valence-electron chi connectivity index (χ2n) is 4.52. The molecule has 1 aromatic carbocycles. The summed E-state index contributed by atoms with van der Waals surface area (Å²) >= 11 is 11.4. The lowest BCUT2D eigenvalue weighted by atomic mass is 10.2. The van der Waals surface area contributed by atoms with Gasteiger partial charge in [0, 0.05) is 28.2 Å². The molecular formula is C12H8Cl2F2N4O2S. The maximum absolute atomic E-state index is 12.6. The molecule has 3 rings (SSSR count). The van der Waals surface area contributed by atoms with Crippen LogP contribution in [-0.2, 0) is 10.0 Å². The van der Waals surface area contributed by atoms with E-state index in [9.17, 15) is 17.2 Å². The van der Waals surface area contributed by atoms with Crippen LogP contribution in [0.2, 0.25) is 10.2 Å². The number of fused-ring (bicyclic) bond motifs is 1. The van der Waals surface area contributed by atoms with Crippen LogP contribution < -0.4 is 4.72 Å². The van der Waals surface area contributed by atoms with Crippen LogP contribution in [0.3, 0.4) is 0 Å². The zero-order valence-electron chi connectivity index (χ0n) is 11.1. The summed E-state index contributed by atoms with van der Waals surface area (Å²) in [6.45, 7) is -2.98. The molecule has 0 radical (unpaired) electrons. The lowest BCUT2D eigenvalue weighted by Gasteiger charge is -2.04. The molecule has 2 aromatic heterocycles. The molecule has 0 unspecified atom stereocenters. The van der Waals surface area contributed by atoms with Gasteiger partial charge in [0.2, 0.25) is 0 Å². The summed E-state index contributed by atoms with van der Waals surface area (Å²) in [7, 11) is -4.04. The first-order valence-corrected chi connectivity index (χ1v) is 8.34. The van der Waals surface area contributed by atoms with Crippen LogP contribution in [0.15, 0.2) is 35.4 Å². The van der Waals surface area contributed by atoms with Crippen LogP contribution in [0.4, 0.5) is 14.6 Å². The minimum absolute atomic E-state index is 0.0631. The Bertz CT molecular complexity index is 984. The third kappa shape index (κ3) is 2.99. The Hall–Kier alpha value is -1.84. The Labute approximate surface area is 139 Å². The van der Waals surface area contributed by atoms with E-state index in [0.29, 0.717) is 15.9 Å². The number of benzene rings is 1. The number of hydrogen-bond donors (Lipinski definition) is 2. The summed E-state index contributed by atoms with van der Waals surface area (Å²) in [6.07, 6.45) is 1.27. The molecule has 2 heterocycles. The van der Waals surface area contributed by atoms with E-state index in [1.807, 2.05) is 0 Å². The highest BCUT2D eigenvalue weighted by Crippen LogP contribution is 2.28. The molecule has 6 nitrogen and oxygen atoms in total. The molecule has 0 atom stereocenters. The zero-order valence-corrected chi connectivity index (χ0v) is 13.4. The van der Waals surface area contributed by atoms with Crippen molar-refractivity contribution >= 4 is 49.9 Å². The van der Waals surface area contributed by atoms with Gasteiger partial charge in [0.15, 0.2) is 5.82 Å². The van der Waals surface area contributed by atoms with Gasteiger partial charge in [0.25, 0.3) is 10.0 Å². The number of nitrogens with zero attached hydrogens (tertiary/aromatic N) is 2. The number of anilines is 1. The van der Waals surface area contributed by atoms with Crippen LogP contribution in [0.5, 0.6) is 0 Å². The smallest absolute Gasteiger partial charge is 0.334 e. The van der Waals surface area contributed by atoms with Crippen molar-refractivity contribution < 1.29 is 17.2 Å². The van der Waals surface area contributed by atoms with Gasteiger partial charge in [0.1, 0.15) is 10.0 Å². The van der Waals surface area contributed by atoms with Gasteiger partial charge >= 0.3 is 6.55 Å². The maximum atomic E-state index is 12.6. The minimum atomic E-state index is -4.04. The van der Waals surface area contributed by atoms with Crippen molar-refractivity contribution in [3.63, 3.8) is 0 Å². The fourth-order valence-corrected chi connectivity index (χ4v) is 3.60. The molecule has 3 aromatic rings. The summed E-state index contributed by atoms with van der Waals surface area (Å²) in [6, 6.07) is 5.64. The van der Waals surface area contributed by atoms with Crippen molar-refractivity contribution in [1.82, 2.24) is 14.8 Å². The SMILES string of the molecule is O=S(=O)(Nc1cc(Cl)n(C(F)F)n1)c1c[nH]c2cc(Cl)ccc12. The molecule has 2 N–H and O–H groups in total. The van der Waals surface area contributed by atoms with Crippen LogP contribution in [0.1, 0.15) is 6.55 Å². The van der Waals surface area contributed by atoms with Gasteiger partial charge < -0.3 is 4.98 Å². The summed E-state index contributed by atoms with van der Waals surface area (Å²) in [5.41, 5.74) is 0.522. The molecule has 0 saturated carbocycles. The summed E-state index contributed by atoms with van der Waals surface area (Å²) in [4.78, 5) is 2.72. The Morgan fingerprint density at radius 3 is 2.65 bits per heavy atom. The van der Waals surface area contributed by atoms with Gasteiger partial charge in [-0.25, -0.2) is 8.42 Å². The lowest BCUT2D eigenvalue weighted by Crippen LogP contribution is -2.13. The third-order valence-corrected chi connectivity index (χ3v) is 4.92. The molecule has 0 aliphatic heterocycles. The van der Waals surface area contributed by atoms with E-state index in [0.717, 1.165) is 6.07 Å². The average Bonchev–Trinajstić information content (AvgIpc) is 3.01. The molecule has 0 aliphatic carbocycles. The molecular weight excluding hydrogens is 373 g/mol. The van der Waals surface area contributed by atoms with E-state index in [4.69, 9.17) is 23.2 Å². The molecule has 0 spiro atoms. The first-order chi connectivity index (χ1) is 10.8. The highest BCUT2D eigenvalue weighted by molar-refractivity contribution is 7.93. The normalized spacial score (nSPS) is 12.2. The van der Waals surface area contributed by atoms with E-state index in [1.54, 1.807) is 12.1 Å². The lowest BCUT2D eigenvalue weighted by molar-refractivity contribution is 0.0572. The number of halogens is 4. The summed E-state index contributed by atoms with van der Waals surface area (Å²) in [5.74, 6) is -0.307. The Morgan fingerprint density at radius 2 is 2.00 bits per heavy atom. The standard InChI is InChI=1S/C12H8Cl2F2N4O2S/c13-6-1-2-7-8(3-6)17-5-9(7)23(21,22)19-11-4-10(14)20(18-11)12(15)16/h1-5,12,17H,(H,18,19). The van der Waals surface area contributed by atoms with Crippen molar-refractivity contribution in [2.24, 2.45) is 0 Å². The number of aromatic amines is 1. The van der Waals surface area contributed by atoms with Gasteiger partial charge in [-0.1, -0.05) is 23.2 Å². The number of hydrogen-bond acceptors (Lipinski definition) is 3. The van der Waals surface area contributed by atoms with E-state index in [1.165, 1.54) is 12.3 Å². The van der Waals surface area contributed by atoms with Crippen molar-refractivity contribution in [3.05, 3.63) is 40.6 Å². The predicted octanol–water partition coefficient (Wildman–Crippen LogP) is 3.87. The van der Waals surface area contributed by atoms with Gasteiger partial charge in [-0.15, -0.1) is 5.10 Å². The van der Waals surface area contributed by atoms with Crippen molar-refractivity contribution in [2.75, 3.05) is 4.72 Å². The second kappa shape index (κ2) is 5.66. The third-order valence-electron chi connectivity index (χ3n) is 3.01. The molecule has 23 heavy (non-hydrogen) atoms. The van der Waals surface area contributed by atoms with E-state index in [2.05, 4.69) is 14.8 Å². The van der Waals surface area contributed by atoms with Crippen LogP contribution in [-0.4, -0.2) is 23.2 Å². The van der Waals surface area contributed by atoms with Crippen molar-refractivity contribution in [3.8, 4) is 0 Å². The van der Waals surface area contributed by atoms with Gasteiger partial charge in [-0.3, -0.25) is 4.72 Å².